The average molecular weight is 207 g/mol. The van der Waals surface area contributed by atoms with E-state index in [1.54, 1.807) is 0 Å². The predicted molar refractivity (Wildman–Crippen MR) is 62.0 cm³/mol. The van der Waals surface area contributed by atoms with Gasteiger partial charge in [0.05, 0.1) is 11.7 Å². The molecule has 1 aliphatic heterocycles. The molecule has 1 unspecified atom stereocenters. The van der Waals surface area contributed by atoms with Crippen molar-refractivity contribution in [3.63, 3.8) is 0 Å². The maximum absolute atomic E-state index is 4.71. The number of piperidine rings is 1. The molecule has 2 rings (SSSR count). The van der Waals surface area contributed by atoms with Gasteiger partial charge in [-0.25, -0.2) is 4.98 Å². The third-order valence-corrected chi connectivity index (χ3v) is 3.13. The second kappa shape index (κ2) is 4.35. The number of aryl methyl sites for hydroxylation is 1. The lowest BCUT2D eigenvalue weighted by Gasteiger charge is -2.21. The standard InChI is InChI=1S/C12H21N3/c1-8(2)11-9(3)14-12(15-11)10-6-4-5-7-13-10/h8,10,13H,4-7H2,1-3H3,(H,14,15). The first kappa shape index (κ1) is 10.7. The molecule has 1 saturated heterocycles. The third-order valence-electron chi connectivity index (χ3n) is 3.13. The molecule has 2 heterocycles. The van der Waals surface area contributed by atoms with E-state index in [0.717, 1.165) is 12.4 Å². The summed E-state index contributed by atoms with van der Waals surface area (Å²) in [5.74, 6) is 1.65. The van der Waals surface area contributed by atoms with Gasteiger partial charge in [0.25, 0.3) is 0 Å². The summed E-state index contributed by atoms with van der Waals surface area (Å²) in [6, 6.07) is 0.449. The molecule has 1 atom stereocenters. The number of nitrogens with one attached hydrogen (secondary N) is 2. The summed E-state index contributed by atoms with van der Waals surface area (Å²) in [7, 11) is 0. The molecule has 0 spiro atoms. The van der Waals surface area contributed by atoms with Gasteiger partial charge in [-0.1, -0.05) is 20.3 Å². The summed E-state index contributed by atoms with van der Waals surface area (Å²) in [6.07, 6.45) is 3.83. The van der Waals surface area contributed by atoms with Crippen molar-refractivity contribution in [3.05, 3.63) is 17.2 Å². The predicted octanol–water partition coefficient (Wildman–Crippen LogP) is 2.66. The van der Waals surface area contributed by atoms with Crippen molar-refractivity contribution in [3.8, 4) is 0 Å². The Labute approximate surface area is 91.7 Å². The van der Waals surface area contributed by atoms with Crippen LogP contribution in [0.5, 0.6) is 0 Å². The lowest BCUT2D eigenvalue weighted by Crippen LogP contribution is -2.27. The van der Waals surface area contributed by atoms with Crippen molar-refractivity contribution in [2.75, 3.05) is 6.54 Å². The van der Waals surface area contributed by atoms with Crippen LogP contribution in [-0.2, 0) is 0 Å². The molecular weight excluding hydrogens is 186 g/mol. The quantitative estimate of drug-likeness (QED) is 0.782. The molecule has 84 valence electrons. The van der Waals surface area contributed by atoms with Gasteiger partial charge in [0.2, 0.25) is 0 Å². The molecule has 0 aromatic carbocycles. The molecule has 0 saturated carbocycles. The highest BCUT2D eigenvalue weighted by atomic mass is 15.0. The number of imidazole rings is 1. The Balaban J connectivity index is 2.17. The zero-order valence-corrected chi connectivity index (χ0v) is 9.93. The minimum atomic E-state index is 0.449. The topological polar surface area (TPSA) is 40.7 Å². The van der Waals surface area contributed by atoms with E-state index in [1.165, 1.54) is 30.7 Å². The summed E-state index contributed by atoms with van der Waals surface area (Å²) >= 11 is 0. The van der Waals surface area contributed by atoms with Gasteiger partial charge in [0.1, 0.15) is 5.82 Å². The van der Waals surface area contributed by atoms with Crippen molar-refractivity contribution in [1.82, 2.24) is 15.3 Å². The Hall–Kier alpha value is -0.830. The minimum absolute atomic E-state index is 0.449. The lowest BCUT2D eigenvalue weighted by molar-refractivity contribution is 0.399. The van der Waals surface area contributed by atoms with Crippen LogP contribution in [0.25, 0.3) is 0 Å². The van der Waals surface area contributed by atoms with Gasteiger partial charge in [-0.15, -0.1) is 0 Å². The van der Waals surface area contributed by atoms with Gasteiger partial charge in [-0.2, -0.15) is 0 Å². The number of rotatable bonds is 2. The zero-order chi connectivity index (χ0) is 10.8. The Morgan fingerprint density at radius 2 is 2.13 bits per heavy atom. The van der Waals surface area contributed by atoms with E-state index in [9.17, 15) is 0 Å². The van der Waals surface area contributed by atoms with Gasteiger partial charge in [0, 0.05) is 5.69 Å². The molecule has 1 fully saturated rings. The fourth-order valence-corrected chi connectivity index (χ4v) is 2.31. The molecule has 0 aliphatic carbocycles. The largest absolute Gasteiger partial charge is 0.345 e. The monoisotopic (exact) mass is 207 g/mol. The van der Waals surface area contributed by atoms with Crippen molar-refractivity contribution in [2.45, 2.75) is 52.0 Å². The lowest BCUT2D eigenvalue weighted by atomic mass is 10.0. The highest BCUT2D eigenvalue weighted by Crippen LogP contribution is 2.24. The van der Waals surface area contributed by atoms with E-state index in [4.69, 9.17) is 4.98 Å². The Morgan fingerprint density at radius 1 is 1.33 bits per heavy atom. The Bertz CT molecular complexity index is 322. The molecule has 15 heavy (non-hydrogen) atoms. The molecule has 0 amide bonds. The van der Waals surface area contributed by atoms with Crippen LogP contribution < -0.4 is 5.32 Å². The maximum atomic E-state index is 4.71. The van der Waals surface area contributed by atoms with Crippen LogP contribution in [0.15, 0.2) is 0 Å². The van der Waals surface area contributed by atoms with Crippen LogP contribution in [-0.4, -0.2) is 16.5 Å². The minimum Gasteiger partial charge on any atom is -0.345 e. The highest BCUT2D eigenvalue weighted by Gasteiger charge is 2.19. The van der Waals surface area contributed by atoms with Crippen molar-refractivity contribution >= 4 is 0 Å². The summed E-state index contributed by atoms with van der Waals surface area (Å²) in [5.41, 5.74) is 2.45. The number of nitrogens with zero attached hydrogens (tertiary/aromatic N) is 1. The van der Waals surface area contributed by atoms with Crippen molar-refractivity contribution < 1.29 is 0 Å². The number of hydrogen-bond donors (Lipinski definition) is 2. The molecule has 1 aromatic heterocycles. The van der Waals surface area contributed by atoms with E-state index >= 15 is 0 Å². The Morgan fingerprint density at radius 3 is 2.67 bits per heavy atom. The smallest absolute Gasteiger partial charge is 0.123 e. The zero-order valence-electron chi connectivity index (χ0n) is 9.93. The summed E-state index contributed by atoms with van der Waals surface area (Å²) in [4.78, 5) is 8.14. The molecule has 0 radical (unpaired) electrons. The summed E-state index contributed by atoms with van der Waals surface area (Å²) in [6.45, 7) is 7.64. The highest BCUT2D eigenvalue weighted by molar-refractivity contribution is 5.18. The number of aromatic nitrogens is 2. The summed E-state index contributed by atoms with van der Waals surface area (Å²) < 4.78 is 0. The molecule has 2 N–H and O–H groups in total. The fraction of sp³-hybridized carbons (Fsp3) is 0.750. The Kier molecular flexibility index (Phi) is 3.10. The maximum Gasteiger partial charge on any atom is 0.123 e. The van der Waals surface area contributed by atoms with Crippen LogP contribution in [0.4, 0.5) is 0 Å². The van der Waals surface area contributed by atoms with Crippen LogP contribution in [0.2, 0.25) is 0 Å². The van der Waals surface area contributed by atoms with Crippen molar-refractivity contribution in [2.24, 2.45) is 0 Å². The molecule has 1 aliphatic rings. The molecule has 3 heteroatoms. The van der Waals surface area contributed by atoms with Crippen molar-refractivity contribution in [1.29, 1.82) is 0 Å². The number of hydrogen-bond acceptors (Lipinski definition) is 2. The van der Waals surface area contributed by atoms with E-state index in [0.29, 0.717) is 12.0 Å². The molecule has 1 aromatic rings. The molecule has 0 bridgehead atoms. The van der Waals surface area contributed by atoms with Gasteiger partial charge in [-0.05, 0) is 32.2 Å². The number of H-pyrrole nitrogens is 1. The normalized spacial score (nSPS) is 22.3. The van der Waals surface area contributed by atoms with E-state index in [1.807, 2.05) is 0 Å². The first-order chi connectivity index (χ1) is 7.18. The van der Waals surface area contributed by atoms with E-state index in [2.05, 4.69) is 31.1 Å². The molecule has 3 nitrogen and oxygen atoms in total. The van der Waals surface area contributed by atoms with Gasteiger partial charge < -0.3 is 10.3 Å². The second-order valence-electron chi connectivity index (χ2n) is 4.79. The SMILES string of the molecule is Cc1[nH]c(C2CCCCN2)nc1C(C)C. The second-order valence-corrected chi connectivity index (χ2v) is 4.79. The van der Waals surface area contributed by atoms with E-state index in [-0.39, 0.29) is 0 Å². The third kappa shape index (κ3) is 2.23. The number of aromatic amines is 1. The van der Waals surface area contributed by atoms with E-state index < -0.39 is 0 Å². The van der Waals surface area contributed by atoms with Crippen LogP contribution in [0.1, 0.15) is 62.3 Å². The van der Waals surface area contributed by atoms with Gasteiger partial charge in [-0.3, -0.25) is 0 Å². The van der Waals surface area contributed by atoms with Crippen LogP contribution >= 0.6 is 0 Å². The summed E-state index contributed by atoms with van der Waals surface area (Å²) in [5, 5.41) is 3.52. The first-order valence-electron chi connectivity index (χ1n) is 5.98. The van der Waals surface area contributed by atoms with Gasteiger partial charge >= 0.3 is 0 Å². The van der Waals surface area contributed by atoms with Crippen LogP contribution in [0.3, 0.4) is 0 Å². The van der Waals surface area contributed by atoms with Crippen LogP contribution in [0, 0.1) is 6.92 Å². The molecular formula is C12H21N3. The average Bonchev–Trinajstić information content (AvgIpc) is 2.62. The van der Waals surface area contributed by atoms with Gasteiger partial charge in [0.15, 0.2) is 0 Å². The fourth-order valence-electron chi connectivity index (χ4n) is 2.31. The first-order valence-corrected chi connectivity index (χ1v) is 5.98.